The van der Waals surface area contributed by atoms with Crippen molar-refractivity contribution in [3.05, 3.63) is 58.4 Å². The van der Waals surface area contributed by atoms with Crippen LogP contribution in [0.2, 0.25) is 5.15 Å². The molecule has 3 unspecified atom stereocenters. The molecule has 1 aromatic heterocycles. The van der Waals surface area contributed by atoms with Gasteiger partial charge in [-0.05, 0) is 56.9 Å². The summed E-state index contributed by atoms with van der Waals surface area (Å²) >= 11 is 6.63. The summed E-state index contributed by atoms with van der Waals surface area (Å²) in [5.41, 5.74) is -0.207. The number of hydrogen-bond acceptors (Lipinski definition) is 7. The number of amides is 1. The molecule has 0 bridgehead atoms. The van der Waals surface area contributed by atoms with Gasteiger partial charge < -0.3 is 4.74 Å². The number of thioether (sulfide) groups is 1. The van der Waals surface area contributed by atoms with Crippen molar-refractivity contribution in [2.45, 2.75) is 44.1 Å². The zero-order chi connectivity index (χ0) is 24.6. The normalized spacial score (nSPS) is 22.0. The first kappa shape index (κ1) is 24.9. The second-order valence-corrected chi connectivity index (χ2v) is 10.9. The van der Waals surface area contributed by atoms with Gasteiger partial charge in [0.25, 0.3) is 0 Å². The minimum absolute atomic E-state index is 0.0140. The van der Waals surface area contributed by atoms with E-state index in [1.54, 1.807) is 20.8 Å². The van der Waals surface area contributed by atoms with Gasteiger partial charge in [-0.1, -0.05) is 29.4 Å². The highest BCUT2D eigenvalue weighted by atomic mass is 35.5. The van der Waals surface area contributed by atoms with E-state index in [1.165, 1.54) is 48.4 Å². The van der Waals surface area contributed by atoms with E-state index < -0.39 is 29.4 Å². The van der Waals surface area contributed by atoms with Crippen LogP contribution in [-0.4, -0.2) is 36.4 Å². The maximum Gasteiger partial charge on any atom is 0.428 e. The number of aromatic nitrogens is 2. The van der Waals surface area contributed by atoms with Crippen LogP contribution in [-0.2, 0) is 4.74 Å². The Morgan fingerprint density at radius 1 is 1.32 bits per heavy atom. The standard InChI is InChI=1S/C22H20ClF3N4O2S2/c1-22(2,3)32-21(31)30(34-26)20-29-19(13-8-17(13)33-20)12-6-11(4-5-14(12)24)7-15(25)16-9-28-18(23)10-27-16/h4-7,9-10,13,17,19H,8H2,1-3H3/b15-7-. The molecule has 1 amide bonds. The molecule has 12 heteroatoms. The van der Waals surface area contributed by atoms with Gasteiger partial charge in [-0.3, -0.25) is 4.99 Å². The predicted molar refractivity (Wildman–Crippen MR) is 129 cm³/mol. The lowest BCUT2D eigenvalue weighted by Gasteiger charge is -2.27. The number of ether oxygens (including phenoxy) is 1. The molecule has 1 aliphatic heterocycles. The number of carbonyl (C=O) groups excluding carboxylic acids is 1. The van der Waals surface area contributed by atoms with Crippen LogP contribution in [0.3, 0.4) is 0 Å². The fourth-order valence-corrected chi connectivity index (χ4v) is 5.18. The van der Waals surface area contributed by atoms with Crippen molar-refractivity contribution in [2.24, 2.45) is 10.9 Å². The minimum atomic E-state index is -0.896. The zero-order valence-electron chi connectivity index (χ0n) is 18.3. The summed E-state index contributed by atoms with van der Waals surface area (Å²) in [6.45, 7) is 5.01. The zero-order valence-corrected chi connectivity index (χ0v) is 20.7. The third-order valence-corrected chi connectivity index (χ3v) is 7.10. The molecule has 2 aromatic rings. The Morgan fingerprint density at radius 2 is 2.09 bits per heavy atom. The van der Waals surface area contributed by atoms with Gasteiger partial charge in [0.05, 0.1) is 18.4 Å². The summed E-state index contributed by atoms with van der Waals surface area (Å²) in [5.74, 6) is -1.16. The van der Waals surface area contributed by atoms with E-state index in [-0.39, 0.29) is 45.1 Å². The van der Waals surface area contributed by atoms with Crippen LogP contribution < -0.4 is 0 Å². The van der Waals surface area contributed by atoms with Crippen LogP contribution in [0, 0.1) is 11.7 Å². The van der Waals surface area contributed by atoms with Crippen molar-refractivity contribution in [2.75, 3.05) is 0 Å². The predicted octanol–water partition coefficient (Wildman–Crippen LogP) is 7.04. The van der Waals surface area contributed by atoms with E-state index in [0.29, 0.717) is 5.56 Å². The number of fused-ring (bicyclic) bond motifs is 1. The number of nitrogens with zero attached hydrogens (tertiary/aromatic N) is 4. The Labute approximate surface area is 208 Å². The number of hydrogen-bond donors (Lipinski definition) is 0. The molecule has 3 atom stereocenters. The molecular weight excluding hydrogens is 509 g/mol. The number of amidine groups is 1. The molecule has 6 nitrogen and oxygen atoms in total. The molecule has 34 heavy (non-hydrogen) atoms. The van der Waals surface area contributed by atoms with Gasteiger partial charge >= 0.3 is 6.09 Å². The summed E-state index contributed by atoms with van der Waals surface area (Å²) in [6, 6.07) is 3.51. The lowest BCUT2D eigenvalue weighted by atomic mass is 9.99. The summed E-state index contributed by atoms with van der Waals surface area (Å²) in [6.07, 6.45) is 3.46. The number of benzene rings is 1. The Kier molecular flexibility index (Phi) is 7.16. The molecule has 2 heterocycles. The van der Waals surface area contributed by atoms with Crippen molar-refractivity contribution in [3.8, 4) is 0 Å². The SMILES string of the molecule is CC(C)(C)OC(=O)N(SF)C1=NC(c2cc(/C=C(\F)c3cnc(Cl)cn3)ccc2F)C2CC2S1. The third-order valence-electron chi connectivity index (χ3n) is 4.99. The Hall–Kier alpha value is -2.24. The van der Waals surface area contributed by atoms with Gasteiger partial charge in [0.1, 0.15) is 22.3 Å². The average Bonchev–Trinajstić information content (AvgIpc) is 3.54. The topological polar surface area (TPSA) is 67.7 Å². The van der Waals surface area contributed by atoms with E-state index >= 15 is 0 Å². The third kappa shape index (κ3) is 5.69. The highest BCUT2D eigenvalue weighted by Gasteiger charge is 2.50. The number of rotatable bonds is 4. The maximum atomic E-state index is 14.8. The maximum absolute atomic E-state index is 14.8. The molecule has 2 aliphatic rings. The Bertz CT molecular complexity index is 1160. The first-order valence-corrected chi connectivity index (χ1v) is 12.2. The van der Waals surface area contributed by atoms with Crippen molar-refractivity contribution in [1.82, 2.24) is 14.3 Å². The highest BCUT2D eigenvalue weighted by Crippen LogP contribution is 2.56. The average molecular weight is 529 g/mol. The largest absolute Gasteiger partial charge is 0.443 e. The lowest BCUT2D eigenvalue weighted by Crippen LogP contribution is -2.36. The second kappa shape index (κ2) is 9.79. The first-order valence-electron chi connectivity index (χ1n) is 10.3. The monoisotopic (exact) mass is 528 g/mol. The fourth-order valence-electron chi connectivity index (χ4n) is 3.41. The van der Waals surface area contributed by atoms with Crippen LogP contribution in [0.1, 0.15) is 50.1 Å². The molecule has 1 fully saturated rings. The van der Waals surface area contributed by atoms with Crippen molar-refractivity contribution >= 4 is 58.9 Å². The van der Waals surface area contributed by atoms with E-state index in [4.69, 9.17) is 16.3 Å². The van der Waals surface area contributed by atoms with Crippen molar-refractivity contribution in [1.29, 1.82) is 0 Å². The number of halogens is 4. The van der Waals surface area contributed by atoms with Crippen LogP contribution in [0.25, 0.3) is 11.9 Å². The number of aliphatic imine (C=N–C) groups is 1. The van der Waals surface area contributed by atoms with E-state index in [9.17, 15) is 17.5 Å². The molecule has 0 N–H and O–H groups in total. The van der Waals surface area contributed by atoms with Crippen LogP contribution in [0.4, 0.5) is 17.5 Å². The van der Waals surface area contributed by atoms with Crippen molar-refractivity contribution in [3.63, 3.8) is 0 Å². The van der Waals surface area contributed by atoms with Gasteiger partial charge in [0, 0.05) is 10.8 Å². The van der Waals surface area contributed by atoms with E-state index in [1.807, 2.05) is 0 Å². The van der Waals surface area contributed by atoms with Crippen molar-refractivity contribution < 1.29 is 22.2 Å². The second-order valence-electron chi connectivity index (χ2n) is 8.75. The fraction of sp³-hybridized carbons (Fsp3) is 0.364. The molecule has 1 aliphatic carbocycles. The van der Waals surface area contributed by atoms with Gasteiger partial charge in [-0.25, -0.2) is 23.5 Å². The Morgan fingerprint density at radius 3 is 2.74 bits per heavy atom. The summed E-state index contributed by atoms with van der Waals surface area (Å²) in [5, 5.41) is 0.304. The molecule has 0 spiro atoms. The first-order chi connectivity index (χ1) is 16.1. The molecule has 1 saturated carbocycles. The molecule has 0 radical (unpaired) electrons. The summed E-state index contributed by atoms with van der Waals surface area (Å²) < 4.78 is 49.2. The smallest absolute Gasteiger partial charge is 0.428 e. The molecule has 1 aromatic carbocycles. The molecular formula is C22H20ClF3N4O2S2. The van der Waals surface area contributed by atoms with Crippen LogP contribution in [0.5, 0.6) is 0 Å². The van der Waals surface area contributed by atoms with Gasteiger partial charge in [0.15, 0.2) is 23.3 Å². The Balaban J connectivity index is 1.63. The quantitative estimate of drug-likeness (QED) is 0.396. The lowest BCUT2D eigenvalue weighted by molar-refractivity contribution is 0.0473. The summed E-state index contributed by atoms with van der Waals surface area (Å²) in [4.78, 5) is 24.6. The van der Waals surface area contributed by atoms with Crippen LogP contribution in [0.15, 0.2) is 35.6 Å². The van der Waals surface area contributed by atoms with Gasteiger partial charge in [-0.2, -0.15) is 4.31 Å². The molecule has 180 valence electrons. The minimum Gasteiger partial charge on any atom is -0.443 e. The van der Waals surface area contributed by atoms with E-state index in [0.717, 1.165) is 10.7 Å². The van der Waals surface area contributed by atoms with Gasteiger partial charge in [0.2, 0.25) is 0 Å². The van der Waals surface area contributed by atoms with Crippen LogP contribution >= 0.6 is 35.7 Å². The highest BCUT2D eigenvalue weighted by molar-refractivity contribution is 8.15. The molecule has 0 saturated heterocycles. The van der Waals surface area contributed by atoms with E-state index in [2.05, 4.69) is 15.0 Å². The summed E-state index contributed by atoms with van der Waals surface area (Å²) in [7, 11) is 0. The molecule has 4 rings (SSSR count). The number of carbonyl (C=O) groups is 1. The van der Waals surface area contributed by atoms with Gasteiger partial charge in [-0.15, -0.1) is 3.89 Å².